The van der Waals surface area contributed by atoms with Crippen molar-refractivity contribution < 1.29 is 0 Å². The second-order valence-corrected chi connectivity index (χ2v) is 19.9. The predicted molar refractivity (Wildman–Crippen MR) is 312 cm³/mol. The molecule has 0 aliphatic heterocycles. The van der Waals surface area contributed by atoms with E-state index in [0.717, 1.165) is 65.9 Å². The zero-order chi connectivity index (χ0) is 48.2. The first-order valence-electron chi connectivity index (χ1n) is 25.4. The molecule has 17 aromatic rings. The number of nitrogens with zero attached hydrogens (tertiary/aromatic N) is 4. The average molecular weight is 935 g/mol. The lowest BCUT2D eigenvalue weighted by Gasteiger charge is -2.18. The quantitative estimate of drug-likeness (QED) is 0.165. The summed E-state index contributed by atoms with van der Waals surface area (Å²) in [5.74, 6) is 0. The topological polar surface area (TPSA) is 51.6 Å². The predicted octanol–water partition coefficient (Wildman–Crippen LogP) is 18.6. The number of para-hydroxylation sites is 4. The molecule has 0 spiro atoms. The molecule has 0 amide bonds. The second kappa shape index (κ2) is 14.8. The van der Waals surface area contributed by atoms with Crippen LogP contribution in [0.3, 0.4) is 0 Å². The first kappa shape index (κ1) is 39.8. The van der Waals surface area contributed by atoms with Gasteiger partial charge in [0.25, 0.3) is 0 Å². The van der Waals surface area contributed by atoms with E-state index >= 15 is 0 Å². The molecular weight excluding hydrogens is 897 g/mol. The largest absolute Gasteiger partial charge is 0.256 e. The van der Waals surface area contributed by atoms with Gasteiger partial charge in [-0.2, -0.15) is 0 Å². The van der Waals surface area contributed by atoms with Crippen molar-refractivity contribution in [1.82, 2.24) is 19.9 Å². The summed E-state index contributed by atoms with van der Waals surface area (Å²) in [7, 11) is 0. The maximum atomic E-state index is 5.12. The van der Waals surface area contributed by atoms with Gasteiger partial charge in [0.1, 0.15) is 0 Å². The van der Waals surface area contributed by atoms with Crippen LogP contribution in [0.15, 0.2) is 231 Å². The molecule has 4 heteroatoms. The Kier molecular flexibility index (Phi) is 7.97. The van der Waals surface area contributed by atoms with Gasteiger partial charge in [0.05, 0.1) is 22.1 Å². The summed E-state index contributed by atoms with van der Waals surface area (Å²) < 4.78 is 0. The zero-order valence-corrected chi connectivity index (χ0v) is 39.7. The molecule has 0 saturated heterocycles. The Hall–Kier alpha value is -9.90. The van der Waals surface area contributed by atoms with Crippen LogP contribution in [0.1, 0.15) is 0 Å². The molecule has 4 aromatic heterocycles. The van der Waals surface area contributed by atoms with Gasteiger partial charge in [-0.25, -0.2) is 0 Å². The fourth-order valence-electron chi connectivity index (χ4n) is 13.4. The van der Waals surface area contributed by atoms with Crippen LogP contribution in [0.2, 0.25) is 0 Å². The Balaban J connectivity index is 1.09. The van der Waals surface area contributed by atoms with Gasteiger partial charge in [0.2, 0.25) is 0 Å². The van der Waals surface area contributed by atoms with Gasteiger partial charge in [-0.05, 0) is 134 Å². The molecular formula is C70H38N4. The van der Waals surface area contributed by atoms with E-state index in [1.165, 1.54) is 108 Å². The molecule has 0 radical (unpaired) electrons. The third kappa shape index (κ3) is 5.25. The molecule has 0 atom stereocenters. The van der Waals surface area contributed by atoms with Gasteiger partial charge in [-0.1, -0.05) is 170 Å². The highest BCUT2D eigenvalue weighted by atomic mass is 14.7. The minimum atomic E-state index is 0.993. The summed E-state index contributed by atoms with van der Waals surface area (Å²) in [5, 5.41) is 24.2. The standard InChI is InChI=1S/C70H38N4/c1-2-22-44-43(21-1)62(53-29-5-15-41-19-11-35-73-69(41)53)65-52-28-8-24-46-55-37-57-59-45(56(55)38-58(60(46)52)66(65)63(44)54-30-6-16-42-20-12-36-74-70(42)54)23-7-27-51(59)61-47(49-25-3-13-39-17-9-33-71-67(39)49)31-32-48(64(57)61)50-26-4-14-40-18-10-34-72-68(40)50/h1-38H. The second-order valence-electron chi connectivity index (χ2n) is 19.9. The summed E-state index contributed by atoms with van der Waals surface area (Å²) in [6, 6.07) is 75.9. The number of rotatable bonds is 4. The van der Waals surface area contributed by atoms with E-state index < -0.39 is 0 Å². The lowest BCUT2D eigenvalue weighted by molar-refractivity contribution is 1.41. The summed E-state index contributed by atoms with van der Waals surface area (Å²) in [6.45, 7) is 0. The van der Waals surface area contributed by atoms with Gasteiger partial charge < -0.3 is 0 Å². The van der Waals surface area contributed by atoms with Crippen LogP contribution in [0.25, 0.3) is 174 Å². The van der Waals surface area contributed by atoms with Crippen molar-refractivity contribution in [2.24, 2.45) is 0 Å². The molecule has 338 valence electrons. The van der Waals surface area contributed by atoms with Crippen LogP contribution in [-0.4, -0.2) is 19.9 Å². The van der Waals surface area contributed by atoms with Gasteiger partial charge >= 0.3 is 0 Å². The van der Waals surface area contributed by atoms with Crippen LogP contribution in [0.5, 0.6) is 0 Å². The van der Waals surface area contributed by atoms with Gasteiger partial charge in [0.15, 0.2) is 0 Å². The number of fused-ring (bicyclic) bond motifs is 14. The van der Waals surface area contributed by atoms with Crippen LogP contribution in [0.4, 0.5) is 0 Å². The summed E-state index contributed by atoms with van der Waals surface area (Å²) in [5.41, 5.74) is 13.2. The minimum Gasteiger partial charge on any atom is -0.256 e. The fraction of sp³-hybridized carbons (Fsp3) is 0. The molecule has 0 fully saturated rings. The van der Waals surface area contributed by atoms with E-state index in [-0.39, 0.29) is 0 Å². The Morgan fingerprint density at radius 2 is 0.514 bits per heavy atom. The summed E-state index contributed by atoms with van der Waals surface area (Å²) in [6.07, 6.45) is 7.68. The number of hydrogen-bond donors (Lipinski definition) is 0. The normalized spacial score (nSPS) is 12.3. The van der Waals surface area contributed by atoms with Crippen molar-refractivity contribution in [2.45, 2.75) is 0 Å². The van der Waals surface area contributed by atoms with E-state index in [1.54, 1.807) is 0 Å². The highest BCUT2D eigenvalue weighted by Crippen LogP contribution is 2.56. The molecule has 0 bridgehead atoms. The van der Waals surface area contributed by atoms with E-state index in [1.807, 2.05) is 49.1 Å². The molecule has 4 nitrogen and oxygen atoms in total. The van der Waals surface area contributed by atoms with Crippen LogP contribution in [0, 0.1) is 0 Å². The third-order valence-electron chi connectivity index (χ3n) is 16.3. The van der Waals surface area contributed by atoms with Crippen molar-refractivity contribution in [3.05, 3.63) is 231 Å². The average Bonchev–Trinajstić information content (AvgIpc) is 4.01. The smallest absolute Gasteiger partial charge is 0.0780 e. The van der Waals surface area contributed by atoms with Crippen molar-refractivity contribution in [1.29, 1.82) is 0 Å². The highest BCUT2D eigenvalue weighted by molar-refractivity contribution is 6.46. The fourth-order valence-corrected chi connectivity index (χ4v) is 13.4. The van der Waals surface area contributed by atoms with Crippen LogP contribution < -0.4 is 0 Å². The first-order chi connectivity index (χ1) is 36.8. The van der Waals surface area contributed by atoms with Gasteiger partial charge in [-0.3, -0.25) is 19.9 Å². The molecule has 0 unspecified atom stereocenters. The molecule has 0 aliphatic rings. The molecule has 17 rings (SSSR count). The van der Waals surface area contributed by atoms with E-state index in [2.05, 4.69) is 182 Å². The van der Waals surface area contributed by atoms with Crippen molar-refractivity contribution >= 4 is 130 Å². The Bertz CT molecular complexity index is 5250. The Morgan fingerprint density at radius 3 is 0.973 bits per heavy atom. The van der Waals surface area contributed by atoms with Gasteiger partial charge in [0, 0.05) is 79.7 Å². The van der Waals surface area contributed by atoms with E-state index in [9.17, 15) is 0 Å². The van der Waals surface area contributed by atoms with Crippen molar-refractivity contribution in [3.8, 4) is 44.5 Å². The zero-order valence-electron chi connectivity index (χ0n) is 39.7. The number of benzene rings is 11. The monoisotopic (exact) mass is 934 g/mol. The number of hydrogen-bond acceptors (Lipinski definition) is 4. The first-order valence-corrected chi connectivity index (χ1v) is 25.4. The molecule has 0 saturated carbocycles. The molecule has 0 N–H and O–H groups in total. The molecule has 0 aliphatic carbocycles. The van der Waals surface area contributed by atoms with Crippen LogP contribution in [-0.2, 0) is 0 Å². The third-order valence-corrected chi connectivity index (χ3v) is 16.3. The Morgan fingerprint density at radius 1 is 0.189 bits per heavy atom. The Labute approximate surface area is 423 Å². The number of pyridine rings is 4. The SMILES string of the molecule is c1cnc2c(-c3ccc(-c4cccc5cccnc45)c4c5cc6c(cc7c8c(-c9cccc%10cccnc9%10)c9ccccc9c(-c9cccc%10cccnc9%10)c8c8cccc6c87)c6cccc(c34)c65)cccc2c1. The number of aromatic nitrogens is 4. The maximum absolute atomic E-state index is 5.12. The molecule has 4 heterocycles. The summed E-state index contributed by atoms with van der Waals surface area (Å²) >= 11 is 0. The maximum Gasteiger partial charge on any atom is 0.0780 e. The lowest BCUT2D eigenvalue weighted by Crippen LogP contribution is -1.92. The van der Waals surface area contributed by atoms with Crippen molar-refractivity contribution in [3.63, 3.8) is 0 Å². The van der Waals surface area contributed by atoms with E-state index in [0.29, 0.717) is 0 Å². The summed E-state index contributed by atoms with van der Waals surface area (Å²) in [4.78, 5) is 20.3. The minimum absolute atomic E-state index is 0.993. The van der Waals surface area contributed by atoms with Crippen molar-refractivity contribution in [2.75, 3.05) is 0 Å². The van der Waals surface area contributed by atoms with E-state index in [4.69, 9.17) is 19.9 Å². The van der Waals surface area contributed by atoms with Crippen LogP contribution >= 0.6 is 0 Å². The molecule has 74 heavy (non-hydrogen) atoms. The van der Waals surface area contributed by atoms with Gasteiger partial charge in [-0.15, -0.1) is 0 Å². The molecule has 13 aromatic carbocycles. The highest BCUT2D eigenvalue weighted by Gasteiger charge is 2.28. The lowest BCUT2D eigenvalue weighted by atomic mass is 9.85.